The lowest BCUT2D eigenvalue weighted by molar-refractivity contribution is 0.0952. The van der Waals surface area contributed by atoms with E-state index in [1.165, 1.54) is 17.5 Å². The lowest BCUT2D eigenvalue weighted by Gasteiger charge is -2.15. The van der Waals surface area contributed by atoms with Gasteiger partial charge in [0.15, 0.2) is 5.78 Å². The van der Waals surface area contributed by atoms with Crippen LogP contribution < -0.4 is 0 Å². The van der Waals surface area contributed by atoms with Crippen molar-refractivity contribution < 1.29 is 9.59 Å². The van der Waals surface area contributed by atoms with Crippen LogP contribution in [0.15, 0.2) is 18.2 Å². The summed E-state index contributed by atoms with van der Waals surface area (Å²) in [7, 11) is 1.77. The molecule has 100 valence electrons. The predicted molar refractivity (Wildman–Crippen MR) is 72.4 cm³/mol. The van der Waals surface area contributed by atoms with Crippen LogP contribution in [0, 0.1) is 0 Å². The van der Waals surface area contributed by atoms with Gasteiger partial charge in [0.2, 0.25) is 0 Å². The fourth-order valence-electron chi connectivity index (χ4n) is 2.86. The Kier molecular flexibility index (Phi) is 3.01. The molecular formula is C15H18N2O2. The van der Waals surface area contributed by atoms with Crippen LogP contribution in [0.25, 0.3) is 0 Å². The zero-order chi connectivity index (χ0) is 13.4. The first-order chi connectivity index (χ1) is 9.15. The quantitative estimate of drug-likeness (QED) is 0.775. The van der Waals surface area contributed by atoms with Crippen molar-refractivity contribution in [2.75, 3.05) is 26.7 Å². The molecule has 1 aliphatic heterocycles. The normalized spacial score (nSPS) is 18.1. The molecule has 19 heavy (non-hydrogen) atoms. The first kappa shape index (κ1) is 12.2. The third-order valence-corrected chi connectivity index (χ3v) is 4.06. The number of hydrogen-bond acceptors (Lipinski definition) is 2. The molecule has 4 heteroatoms. The topological polar surface area (TPSA) is 40.6 Å². The molecule has 0 unspecified atom stereocenters. The molecule has 1 aromatic carbocycles. The number of nitrogens with zero attached hydrogens (tertiary/aromatic N) is 2. The largest absolute Gasteiger partial charge is 0.326 e. The number of aryl methyl sites for hydroxylation is 2. The molecule has 0 saturated carbocycles. The molecule has 0 bridgehead atoms. The van der Waals surface area contributed by atoms with Gasteiger partial charge in [-0.25, -0.2) is 4.79 Å². The van der Waals surface area contributed by atoms with Gasteiger partial charge in [0.25, 0.3) is 0 Å². The second kappa shape index (κ2) is 4.68. The van der Waals surface area contributed by atoms with Crippen LogP contribution in [0.2, 0.25) is 0 Å². The van der Waals surface area contributed by atoms with Gasteiger partial charge >= 0.3 is 6.03 Å². The van der Waals surface area contributed by atoms with Crippen LogP contribution in [0.1, 0.15) is 27.9 Å². The van der Waals surface area contributed by atoms with Crippen LogP contribution in [0.5, 0.6) is 0 Å². The van der Waals surface area contributed by atoms with E-state index >= 15 is 0 Å². The highest BCUT2D eigenvalue weighted by molar-refractivity contribution is 5.99. The molecule has 0 N–H and O–H groups in total. The minimum Gasteiger partial charge on any atom is -0.326 e. The van der Waals surface area contributed by atoms with Crippen molar-refractivity contribution >= 4 is 11.8 Å². The summed E-state index contributed by atoms with van der Waals surface area (Å²) in [4.78, 5) is 27.3. The van der Waals surface area contributed by atoms with Gasteiger partial charge in [0.1, 0.15) is 0 Å². The Labute approximate surface area is 113 Å². The number of likely N-dealkylation sites (N-methyl/N-ethyl adjacent to an activating group) is 1. The van der Waals surface area contributed by atoms with E-state index in [2.05, 4.69) is 6.07 Å². The molecule has 1 fully saturated rings. The molecule has 1 aliphatic carbocycles. The molecule has 0 radical (unpaired) electrons. The van der Waals surface area contributed by atoms with Gasteiger partial charge in [-0.3, -0.25) is 4.79 Å². The van der Waals surface area contributed by atoms with Gasteiger partial charge in [-0.1, -0.05) is 12.1 Å². The van der Waals surface area contributed by atoms with Crippen molar-refractivity contribution in [2.24, 2.45) is 0 Å². The number of hydrogen-bond donors (Lipinski definition) is 0. The number of carbonyl (C=O) groups is 2. The van der Waals surface area contributed by atoms with Crippen molar-refractivity contribution in [1.29, 1.82) is 0 Å². The molecule has 0 atom stereocenters. The Hall–Kier alpha value is -1.84. The minimum atomic E-state index is -0.0467. The summed E-state index contributed by atoms with van der Waals surface area (Å²) in [6, 6.07) is 5.92. The van der Waals surface area contributed by atoms with Gasteiger partial charge in [-0.2, -0.15) is 0 Å². The predicted octanol–water partition coefficient (Wildman–Crippen LogP) is 1.73. The van der Waals surface area contributed by atoms with Crippen LogP contribution in [-0.4, -0.2) is 48.3 Å². The van der Waals surface area contributed by atoms with Crippen LogP contribution in [0.3, 0.4) is 0 Å². The zero-order valence-corrected chi connectivity index (χ0v) is 11.2. The van der Waals surface area contributed by atoms with E-state index in [0.717, 1.165) is 18.4 Å². The smallest absolute Gasteiger partial charge is 0.320 e. The summed E-state index contributed by atoms with van der Waals surface area (Å²) in [6.07, 6.45) is 3.38. The summed E-state index contributed by atoms with van der Waals surface area (Å²) in [5.41, 5.74) is 3.41. The number of rotatable bonds is 3. The average molecular weight is 258 g/mol. The van der Waals surface area contributed by atoms with E-state index in [1.807, 2.05) is 12.1 Å². The van der Waals surface area contributed by atoms with E-state index in [4.69, 9.17) is 0 Å². The van der Waals surface area contributed by atoms with E-state index < -0.39 is 0 Å². The summed E-state index contributed by atoms with van der Waals surface area (Å²) in [5.74, 6) is 0.0401. The summed E-state index contributed by atoms with van der Waals surface area (Å²) in [5, 5.41) is 0. The van der Waals surface area contributed by atoms with Gasteiger partial charge in [-0.05, 0) is 36.5 Å². The maximum atomic E-state index is 12.2. The van der Waals surface area contributed by atoms with Crippen molar-refractivity contribution in [2.45, 2.75) is 19.3 Å². The number of benzene rings is 1. The third-order valence-electron chi connectivity index (χ3n) is 4.06. The van der Waals surface area contributed by atoms with Gasteiger partial charge < -0.3 is 9.80 Å². The SMILES string of the molecule is CN1CCN(CC(=O)c2ccc3c(c2)CCC3)C1=O. The average Bonchev–Trinajstić information content (AvgIpc) is 2.99. The number of fused-ring (bicyclic) bond motifs is 1. The standard InChI is InChI=1S/C15H18N2O2/c1-16-7-8-17(15(16)19)10-14(18)13-6-5-11-3-2-4-12(11)9-13/h5-6,9H,2-4,7-8,10H2,1H3. The molecular weight excluding hydrogens is 240 g/mol. The molecule has 4 nitrogen and oxygen atoms in total. The van der Waals surface area contributed by atoms with Crippen molar-refractivity contribution in [3.05, 3.63) is 34.9 Å². The fourth-order valence-corrected chi connectivity index (χ4v) is 2.86. The maximum absolute atomic E-state index is 12.2. The van der Waals surface area contributed by atoms with Gasteiger partial charge in [0.05, 0.1) is 6.54 Å². The second-order valence-electron chi connectivity index (χ2n) is 5.39. The Morgan fingerprint density at radius 2 is 2.00 bits per heavy atom. The van der Waals surface area contributed by atoms with E-state index in [1.54, 1.807) is 16.8 Å². The zero-order valence-electron chi connectivity index (χ0n) is 11.2. The van der Waals surface area contributed by atoms with Gasteiger partial charge in [-0.15, -0.1) is 0 Å². The summed E-state index contributed by atoms with van der Waals surface area (Å²) in [6.45, 7) is 1.55. The van der Waals surface area contributed by atoms with E-state index in [0.29, 0.717) is 13.1 Å². The first-order valence-electron chi connectivity index (χ1n) is 6.80. The fraction of sp³-hybridized carbons (Fsp3) is 0.467. The Balaban J connectivity index is 1.72. The van der Waals surface area contributed by atoms with Crippen LogP contribution in [0.4, 0.5) is 4.79 Å². The second-order valence-corrected chi connectivity index (χ2v) is 5.39. The van der Waals surface area contributed by atoms with Crippen LogP contribution in [-0.2, 0) is 12.8 Å². The minimum absolute atomic E-state index is 0.0401. The molecule has 2 aliphatic rings. The number of Topliss-reactive ketones (excluding diaryl/α,β-unsaturated/α-hetero) is 1. The molecule has 1 saturated heterocycles. The Morgan fingerprint density at radius 3 is 2.74 bits per heavy atom. The summed E-state index contributed by atoms with van der Waals surface area (Å²) >= 11 is 0. The molecule has 3 rings (SSSR count). The monoisotopic (exact) mass is 258 g/mol. The third kappa shape index (κ3) is 2.23. The maximum Gasteiger partial charge on any atom is 0.320 e. The lowest BCUT2D eigenvalue weighted by atomic mass is 10.0. The molecule has 0 spiro atoms. The molecule has 0 aromatic heterocycles. The van der Waals surface area contributed by atoms with Crippen molar-refractivity contribution in [1.82, 2.24) is 9.80 Å². The first-order valence-corrected chi connectivity index (χ1v) is 6.80. The van der Waals surface area contributed by atoms with Crippen molar-refractivity contribution in [3.8, 4) is 0 Å². The Bertz CT molecular complexity index is 539. The number of amides is 2. The van der Waals surface area contributed by atoms with E-state index in [-0.39, 0.29) is 18.4 Å². The highest BCUT2D eigenvalue weighted by Crippen LogP contribution is 2.23. The molecule has 1 heterocycles. The molecule has 1 aromatic rings. The lowest BCUT2D eigenvalue weighted by Crippen LogP contribution is -2.33. The number of ketones is 1. The highest BCUT2D eigenvalue weighted by atomic mass is 16.2. The number of carbonyl (C=O) groups excluding carboxylic acids is 2. The van der Waals surface area contributed by atoms with Crippen LogP contribution >= 0.6 is 0 Å². The van der Waals surface area contributed by atoms with Crippen molar-refractivity contribution in [3.63, 3.8) is 0 Å². The Morgan fingerprint density at radius 1 is 1.21 bits per heavy atom. The van der Waals surface area contributed by atoms with Gasteiger partial charge in [0, 0.05) is 25.7 Å². The molecule has 2 amide bonds. The number of urea groups is 1. The van der Waals surface area contributed by atoms with E-state index in [9.17, 15) is 9.59 Å². The highest BCUT2D eigenvalue weighted by Gasteiger charge is 2.27. The summed E-state index contributed by atoms with van der Waals surface area (Å²) < 4.78 is 0.